The van der Waals surface area contributed by atoms with Gasteiger partial charge in [-0.2, -0.15) is 0 Å². The minimum Gasteiger partial charge on any atom is -0.490 e. The summed E-state index contributed by atoms with van der Waals surface area (Å²) in [4.78, 5) is 13.5. The molecule has 1 aliphatic rings. The molecule has 2 rings (SSSR count). The lowest BCUT2D eigenvalue weighted by Gasteiger charge is -2.32. The summed E-state index contributed by atoms with van der Waals surface area (Å²) in [5.74, 6) is 1.14. The van der Waals surface area contributed by atoms with Gasteiger partial charge in [0.15, 0.2) is 0 Å². The van der Waals surface area contributed by atoms with Crippen molar-refractivity contribution in [2.75, 3.05) is 13.1 Å². The van der Waals surface area contributed by atoms with Gasteiger partial charge in [-0.1, -0.05) is 28.9 Å². The van der Waals surface area contributed by atoms with Crippen LogP contribution in [-0.2, 0) is 4.79 Å². The van der Waals surface area contributed by atoms with Crippen molar-refractivity contribution < 1.29 is 9.53 Å². The SMILES string of the molecule is CCC(=O)N1CCC(Oc2cccc(Br)c2)CC1. The fourth-order valence-electron chi connectivity index (χ4n) is 2.18. The predicted molar refractivity (Wildman–Crippen MR) is 74.7 cm³/mol. The molecule has 0 aliphatic carbocycles. The monoisotopic (exact) mass is 311 g/mol. The Morgan fingerprint density at radius 1 is 1.44 bits per heavy atom. The van der Waals surface area contributed by atoms with Crippen molar-refractivity contribution in [1.82, 2.24) is 4.90 Å². The number of piperidine rings is 1. The second-order valence-electron chi connectivity index (χ2n) is 4.51. The molecule has 1 amide bonds. The maximum atomic E-state index is 11.6. The van der Waals surface area contributed by atoms with Gasteiger partial charge in [-0.3, -0.25) is 4.79 Å². The van der Waals surface area contributed by atoms with Crippen LogP contribution < -0.4 is 4.74 Å². The number of amides is 1. The van der Waals surface area contributed by atoms with Crippen LogP contribution in [0.15, 0.2) is 28.7 Å². The van der Waals surface area contributed by atoms with Gasteiger partial charge in [-0.15, -0.1) is 0 Å². The van der Waals surface area contributed by atoms with Crippen LogP contribution in [0.4, 0.5) is 0 Å². The number of carbonyl (C=O) groups is 1. The molecule has 0 aromatic heterocycles. The van der Waals surface area contributed by atoms with E-state index in [1.807, 2.05) is 36.1 Å². The predicted octanol–water partition coefficient (Wildman–Crippen LogP) is 3.23. The van der Waals surface area contributed by atoms with Crippen molar-refractivity contribution in [3.63, 3.8) is 0 Å². The highest BCUT2D eigenvalue weighted by atomic mass is 79.9. The molecule has 98 valence electrons. The Kier molecular flexibility index (Phi) is 4.64. The van der Waals surface area contributed by atoms with Gasteiger partial charge in [-0.05, 0) is 18.2 Å². The normalized spacial score (nSPS) is 16.7. The van der Waals surface area contributed by atoms with Crippen LogP contribution in [-0.4, -0.2) is 30.0 Å². The zero-order valence-electron chi connectivity index (χ0n) is 10.6. The summed E-state index contributed by atoms with van der Waals surface area (Å²) < 4.78 is 6.96. The number of benzene rings is 1. The first-order valence-corrected chi connectivity index (χ1v) is 7.18. The summed E-state index contributed by atoms with van der Waals surface area (Å²) in [6.45, 7) is 3.53. The van der Waals surface area contributed by atoms with Crippen LogP contribution >= 0.6 is 15.9 Å². The minimum atomic E-state index is 0.222. The Morgan fingerprint density at radius 2 is 2.17 bits per heavy atom. The van der Waals surface area contributed by atoms with E-state index in [0.29, 0.717) is 6.42 Å². The summed E-state index contributed by atoms with van der Waals surface area (Å²) >= 11 is 3.43. The highest BCUT2D eigenvalue weighted by Crippen LogP contribution is 2.22. The summed E-state index contributed by atoms with van der Waals surface area (Å²) in [5.41, 5.74) is 0. The fraction of sp³-hybridized carbons (Fsp3) is 0.500. The quantitative estimate of drug-likeness (QED) is 0.857. The highest BCUT2D eigenvalue weighted by Gasteiger charge is 2.22. The van der Waals surface area contributed by atoms with Crippen LogP contribution in [0, 0.1) is 0 Å². The topological polar surface area (TPSA) is 29.5 Å². The standard InChI is InChI=1S/C14H18BrNO2/c1-2-14(17)16-8-6-12(7-9-16)18-13-5-3-4-11(15)10-13/h3-5,10,12H,2,6-9H2,1H3. The molecule has 1 heterocycles. The van der Waals surface area contributed by atoms with E-state index in [-0.39, 0.29) is 12.0 Å². The molecule has 1 saturated heterocycles. The Bertz CT molecular complexity index is 414. The van der Waals surface area contributed by atoms with E-state index in [9.17, 15) is 4.79 Å². The Morgan fingerprint density at radius 3 is 2.78 bits per heavy atom. The lowest BCUT2D eigenvalue weighted by Crippen LogP contribution is -2.41. The molecule has 0 spiro atoms. The Balaban J connectivity index is 1.85. The van der Waals surface area contributed by atoms with Gasteiger partial charge < -0.3 is 9.64 Å². The fourth-order valence-corrected chi connectivity index (χ4v) is 2.56. The molecule has 1 aromatic rings. The van der Waals surface area contributed by atoms with Gasteiger partial charge in [0.05, 0.1) is 0 Å². The third-order valence-electron chi connectivity index (χ3n) is 3.20. The van der Waals surface area contributed by atoms with E-state index in [0.717, 1.165) is 36.2 Å². The summed E-state index contributed by atoms with van der Waals surface area (Å²) in [6, 6.07) is 7.89. The van der Waals surface area contributed by atoms with E-state index < -0.39 is 0 Å². The molecule has 0 radical (unpaired) electrons. The average Bonchev–Trinajstić information content (AvgIpc) is 2.39. The van der Waals surface area contributed by atoms with Gasteiger partial charge in [0, 0.05) is 36.8 Å². The molecule has 1 aliphatic heterocycles. The molecule has 0 N–H and O–H groups in total. The number of hydrogen-bond acceptors (Lipinski definition) is 2. The molecule has 1 fully saturated rings. The van der Waals surface area contributed by atoms with Gasteiger partial charge in [-0.25, -0.2) is 0 Å². The maximum Gasteiger partial charge on any atom is 0.222 e. The number of halogens is 1. The maximum absolute atomic E-state index is 11.6. The number of ether oxygens (including phenoxy) is 1. The van der Waals surface area contributed by atoms with Gasteiger partial charge >= 0.3 is 0 Å². The number of rotatable bonds is 3. The van der Waals surface area contributed by atoms with Crippen molar-refractivity contribution in [3.05, 3.63) is 28.7 Å². The lowest BCUT2D eigenvalue weighted by atomic mass is 10.1. The largest absolute Gasteiger partial charge is 0.490 e. The number of hydrogen-bond donors (Lipinski definition) is 0. The molecule has 4 heteroatoms. The van der Waals surface area contributed by atoms with E-state index >= 15 is 0 Å². The van der Waals surface area contributed by atoms with Crippen LogP contribution in [0.2, 0.25) is 0 Å². The van der Waals surface area contributed by atoms with E-state index in [1.165, 1.54) is 0 Å². The third-order valence-corrected chi connectivity index (χ3v) is 3.69. The minimum absolute atomic E-state index is 0.222. The van der Waals surface area contributed by atoms with Crippen molar-refractivity contribution in [3.8, 4) is 5.75 Å². The Labute approximate surface area is 116 Å². The molecule has 0 unspecified atom stereocenters. The molecule has 18 heavy (non-hydrogen) atoms. The summed E-state index contributed by atoms with van der Waals surface area (Å²) in [5, 5.41) is 0. The van der Waals surface area contributed by atoms with Crippen molar-refractivity contribution >= 4 is 21.8 Å². The molecule has 0 atom stereocenters. The smallest absolute Gasteiger partial charge is 0.222 e. The van der Waals surface area contributed by atoms with Crippen molar-refractivity contribution in [2.24, 2.45) is 0 Å². The molecular weight excluding hydrogens is 294 g/mol. The van der Waals surface area contributed by atoms with Gasteiger partial charge in [0.1, 0.15) is 11.9 Å². The zero-order chi connectivity index (χ0) is 13.0. The molecular formula is C14H18BrNO2. The number of likely N-dealkylation sites (tertiary alicyclic amines) is 1. The van der Waals surface area contributed by atoms with E-state index in [2.05, 4.69) is 15.9 Å². The highest BCUT2D eigenvalue weighted by molar-refractivity contribution is 9.10. The Hall–Kier alpha value is -1.03. The van der Waals surface area contributed by atoms with E-state index in [1.54, 1.807) is 0 Å². The third kappa shape index (κ3) is 3.48. The number of nitrogens with zero attached hydrogens (tertiary/aromatic N) is 1. The molecule has 3 nitrogen and oxygen atoms in total. The van der Waals surface area contributed by atoms with Gasteiger partial charge in [0.2, 0.25) is 5.91 Å². The average molecular weight is 312 g/mol. The molecule has 0 saturated carbocycles. The van der Waals surface area contributed by atoms with Crippen LogP contribution in [0.3, 0.4) is 0 Å². The van der Waals surface area contributed by atoms with Crippen LogP contribution in [0.5, 0.6) is 5.75 Å². The van der Waals surface area contributed by atoms with Crippen molar-refractivity contribution in [1.29, 1.82) is 0 Å². The number of carbonyl (C=O) groups excluding carboxylic acids is 1. The van der Waals surface area contributed by atoms with Gasteiger partial charge in [0.25, 0.3) is 0 Å². The zero-order valence-corrected chi connectivity index (χ0v) is 12.1. The summed E-state index contributed by atoms with van der Waals surface area (Å²) in [6.07, 6.45) is 2.65. The van der Waals surface area contributed by atoms with E-state index in [4.69, 9.17) is 4.74 Å². The van der Waals surface area contributed by atoms with Crippen LogP contribution in [0.1, 0.15) is 26.2 Å². The lowest BCUT2D eigenvalue weighted by molar-refractivity contribution is -0.132. The molecule has 1 aromatic carbocycles. The first-order chi connectivity index (χ1) is 8.69. The van der Waals surface area contributed by atoms with Crippen LogP contribution in [0.25, 0.3) is 0 Å². The second-order valence-corrected chi connectivity index (χ2v) is 5.42. The summed E-state index contributed by atoms with van der Waals surface area (Å²) in [7, 11) is 0. The first kappa shape index (κ1) is 13.4. The molecule has 0 bridgehead atoms. The first-order valence-electron chi connectivity index (χ1n) is 6.39. The van der Waals surface area contributed by atoms with Crippen molar-refractivity contribution in [2.45, 2.75) is 32.3 Å². The second kappa shape index (κ2) is 6.23.